The van der Waals surface area contributed by atoms with Crippen molar-refractivity contribution in [2.75, 3.05) is 13.1 Å². The maximum Gasteiger partial charge on any atom is 0.273 e. The van der Waals surface area contributed by atoms with Gasteiger partial charge in [-0.1, -0.05) is 0 Å². The maximum atomic E-state index is 12.2. The Morgan fingerprint density at radius 3 is 2.81 bits per heavy atom. The Labute approximate surface area is 125 Å². The van der Waals surface area contributed by atoms with E-state index in [9.17, 15) is 9.59 Å². The largest absolute Gasteiger partial charge is 0.337 e. The van der Waals surface area contributed by atoms with E-state index in [1.54, 1.807) is 23.9 Å². The van der Waals surface area contributed by atoms with Crippen molar-refractivity contribution >= 4 is 17.2 Å². The molecule has 0 aromatic carbocycles. The van der Waals surface area contributed by atoms with Crippen LogP contribution in [0.25, 0.3) is 0 Å². The number of carbonyl (C=O) groups excluding carboxylic acids is 1. The molecule has 6 nitrogen and oxygen atoms in total. The summed E-state index contributed by atoms with van der Waals surface area (Å²) in [7, 11) is 0. The predicted molar refractivity (Wildman–Crippen MR) is 79.6 cm³/mol. The van der Waals surface area contributed by atoms with Crippen LogP contribution in [-0.2, 0) is 0 Å². The zero-order valence-corrected chi connectivity index (χ0v) is 12.5. The number of piperidine rings is 1. The Hall–Kier alpha value is -2.02. The minimum atomic E-state index is -0.113. The minimum absolute atomic E-state index is 0.00949. The molecule has 21 heavy (non-hydrogen) atoms. The van der Waals surface area contributed by atoms with E-state index < -0.39 is 0 Å². The summed E-state index contributed by atoms with van der Waals surface area (Å²) in [5.41, 5.74) is 2.90. The van der Waals surface area contributed by atoms with Gasteiger partial charge >= 0.3 is 0 Å². The van der Waals surface area contributed by atoms with E-state index in [1.165, 1.54) is 11.3 Å². The second-order valence-corrected chi connectivity index (χ2v) is 5.91. The zero-order chi connectivity index (χ0) is 14.8. The van der Waals surface area contributed by atoms with Crippen LogP contribution in [0.1, 0.15) is 40.8 Å². The third kappa shape index (κ3) is 3.02. The standard InChI is InChI=1S/C14H16N4O2S/c1-9-16-11(6-13(19)17-9)10-2-4-18(5-3-10)14(20)12-7-21-8-15-12/h6-8,10H,2-5H2,1H3,(H,16,17,19). The Morgan fingerprint density at radius 2 is 2.19 bits per heavy atom. The Kier molecular flexibility index (Phi) is 3.83. The molecule has 0 bridgehead atoms. The molecule has 1 aliphatic rings. The van der Waals surface area contributed by atoms with Crippen molar-refractivity contribution in [1.29, 1.82) is 0 Å². The molecule has 0 saturated carbocycles. The molecule has 3 heterocycles. The second kappa shape index (κ2) is 5.77. The lowest BCUT2D eigenvalue weighted by molar-refractivity contribution is 0.0707. The number of amides is 1. The highest BCUT2D eigenvalue weighted by Crippen LogP contribution is 2.26. The fourth-order valence-corrected chi connectivity index (χ4v) is 3.20. The molecule has 0 unspecified atom stereocenters. The molecule has 110 valence electrons. The van der Waals surface area contributed by atoms with Crippen LogP contribution in [0.3, 0.4) is 0 Å². The molecule has 1 aliphatic heterocycles. The average Bonchev–Trinajstić information content (AvgIpc) is 3.00. The molecular formula is C14H16N4O2S. The molecule has 0 atom stereocenters. The minimum Gasteiger partial charge on any atom is -0.337 e. The third-order valence-electron chi connectivity index (χ3n) is 3.73. The number of aryl methyl sites for hydroxylation is 1. The van der Waals surface area contributed by atoms with Crippen LogP contribution in [0.5, 0.6) is 0 Å². The summed E-state index contributed by atoms with van der Waals surface area (Å²) >= 11 is 1.43. The summed E-state index contributed by atoms with van der Waals surface area (Å²) in [6.07, 6.45) is 1.65. The van der Waals surface area contributed by atoms with Crippen LogP contribution < -0.4 is 5.56 Å². The number of rotatable bonds is 2. The number of aromatic nitrogens is 3. The first-order chi connectivity index (χ1) is 10.1. The van der Waals surface area contributed by atoms with Crippen molar-refractivity contribution in [3.05, 3.63) is 44.5 Å². The average molecular weight is 304 g/mol. The van der Waals surface area contributed by atoms with Gasteiger partial charge in [0.2, 0.25) is 0 Å². The van der Waals surface area contributed by atoms with Gasteiger partial charge in [-0.25, -0.2) is 9.97 Å². The van der Waals surface area contributed by atoms with Crippen molar-refractivity contribution in [2.24, 2.45) is 0 Å². The molecule has 3 rings (SSSR count). The first-order valence-electron chi connectivity index (χ1n) is 6.89. The quantitative estimate of drug-likeness (QED) is 0.913. The van der Waals surface area contributed by atoms with Gasteiger partial charge < -0.3 is 9.88 Å². The zero-order valence-electron chi connectivity index (χ0n) is 11.7. The van der Waals surface area contributed by atoms with Crippen LogP contribution in [-0.4, -0.2) is 38.8 Å². The molecule has 2 aromatic heterocycles. The van der Waals surface area contributed by atoms with Gasteiger partial charge in [0.15, 0.2) is 0 Å². The Balaban J connectivity index is 1.67. The van der Waals surface area contributed by atoms with Gasteiger partial charge in [0.05, 0.1) is 11.2 Å². The SMILES string of the molecule is Cc1nc(C2CCN(C(=O)c3cscn3)CC2)cc(=O)[nH]1. The summed E-state index contributed by atoms with van der Waals surface area (Å²) in [6, 6.07) is 1.57. The summed E-state index contributed by atoms with van der Waals surface area (Å²) in [6.45, 7) is 3.13. The van der Waals surface area contributed by atoms with E-state index >= 15 is 0 Å². The highest BCUT2D eigenvalue weighted by Gasteiger charge is 2.26. The van der Waals surface area contributed by atoms with E-state index in [0.29, 0.717) is 24.6 Å². The Morgan fingerprint density at radius 1 is 1.43 bits per heavy atom. The van der Waals surface area contributed by atoms with Crippen LogP contribution in [0.2, 0.25) is 0 Å². The first kappa shape index (κ1) is 13.9. The van der Waals surface area contributed by atoms with Crippen molar-refractivity contribution < 1.29 is 4.79 Å². The van der Waals surface area contributed by atoms with E-state index in [2.05, 4.69) is 15.0 Å². The smallest absolute Gasteiger partial charge is 0.273 e. The molecule has 1 amide bonds. The molecule has 0 aliphatic carbocycles. The van der Waals surface area contributed by atoms with Crippen LogP contribution in [0.15, 0.2) is 21.8 Å². The van der Waals surface area contributed by atoms with E-state index in [0.717, 1.165) is 18.5 Å². The van der Waals surface area contributed by atoms with Gasteiger partial charge in [-0.15, -0.1) is 11.3 Å². The lowest BCUT2D eigenvalue weighted by Crippen LogP contribution is -2.38. The van der Waals surface area contributed by atoms with E-state index in [1.807, 2.05) is 4.90 Å². The number of H-pyrrole nitrogens is 1. The summed E-state index contributed by atoms with van der Waals surface area (Å²) < 4.78 is 0. The van der Waals surface area contributed by atoms with E-state index in [-0.39, 0.29) is 17.4 Å². The fourth-order valence-electron chi connectivity index (χ4n) is 2.67. The van der Waals surface area contributed by atoms with Crippen molar-refractivity contribution in [3.8, 4) is 0 Å². The number of aromatic amines is 1. The summed E-state index contributed by atoms with van der Waals surface area (Å²) in [4.78, 5) is 36.7. The number of thiazole rings is 1. The van der Waals surface area contributed by atoms with Gasteiger partial charge in [-0.05, 0) is 19.8 Å². The van der Waals surface area contributed by atoms with Gasteiger partial charge in [0, 0.05) is 30.5 Å². The molecule has 1 N–H and O–H groups in total. The van der Waals surface area contributed by atoms with Gasteiger partial charge in [-0.3, -0.25) is 9.59 Å². The highest BCUT2D eigenvalue weighted by molar-refractivity contribution is 7.07. The molecule has 1 fully saturated rings. The lowest BCUT2D eigenvalue weighted by Gasteiger charge is -2.31. The first-order valence-corrected chi connectivity index (χ1v) is 7.83. The van der Waals surface area contributed by atoms with Crippen LogP contribution >= 0.6 is 11.3 Å². The molecule has 0 spiro atoms. The molecule has 7 heteroatoms. The topological polar surface area (TPSA) is 79.0 Å². The molecule has 0 radical (unpaired) electrons. The van der Waals surface area contributed by atoms with Gasteiger partial charge in [-0.2, -0.15) is 0 Å². The number of hydrogen-bond donors (Lipinski definition) is 1. The number of likely N-dealkylation sites (tertiary alicyclic amines) is 1. The van der Waals surface area contributed by atoms with Gasteiger partial charge in [0.25, 0.3) is 11.5 Å². The molecule has 1 saturated heterocycles. The second-order valence-electron chi connectivity index (χ2n) is 5.20. The third-order valence-corrected chi connectivity index (χ3v) is 4.32. The van der Waals surface area contributed by atoms with Gasteiger partial charge in [0.1, 0.15) is 11.5 Å². The number of nitrogens with zero attached hydrogens (tertiary/aromatic N) is 3. The maximum absolute atomic E-state index is 12.2. The van der Waals surface area contributed by atoms with Crippen LogP contribution in [0.4, 0.5) is 0 Å². The fraction of sp³-hybridized carbons (Fsp3) is 0.429. The number of hydrogen-bond acceptors (Lipinski definition) is 5. The summed E-state index contributed by atoms with van der Waals surface area (Å²) in [5, 5.41) is 1.77. The lowest BCUT2D eigenvalue weighted by atomic mass is 9.93. The normalized spacial score (nSPS) is 16.1. The summed E-state index contributed by atoms with van der Waals surface area (Å²) in [5.74, 6) is 0.869. The number of carbonyl (C=O) groups is 1. The van der Waals surface area contributed by atoms with E-state index in [4.69, 9.17) is 0 Å². The highest BCUT2D eigenvalue weighted by atomic mass is 32.1. The predicted octanol–water partition coefficient (Wildman–Crippen LogP) is 1.55. The van der Waals surface area contributed by atoms with Crippen molar-refractivity contribution in [2.45, 2.75) is 25.7 Å². The number of nitrogens with one attached hydrogen (secondary N) is 1. The van der Waals surface area contributed by atoms with Crippen molar-refractivity contribution in [1.82, 2.24) is 19.9 Å². The van der Waals surface area contributed by atoms with Crippen molar-refractivity contribution in [3.63, 3.8) is 0 Å². The molecule has 2 aromatic rings. The monoisotopic (exact) mass is 304 g/mol. The van der Waals surface area contributed by atoms with Crippen LogP contribution in [0, 0.1) is 6.92 Å². The molecular weight excluding hydrogens is 288 g/mol. The Bertz CT molecular complexity index is 687.